The van der Waals surface area contributed by atoms with Crippen molar-refractivity contribution in [3.05, 3.63) is 28.7 Å². The van der Waals surface area contributed by atoms with E-state index in [1.165, 1.54) is 18.2 Å². The third-order valence-corrected chi connectivity index (χ3v) is 4.37. The Morgan fingerprint density at radius 2 is 2.16 bits per heavy atom. The van der Waals surface area contributed by atoms with Crippen molar-refractivity contribution in [2.24, 2.45) is 0 Å². The molecule has 0 aliphatic carbocycles. The molecule has 0 fully saturated rings. The van der Waals surface area contributed by atoms with Crippen molar-refractivity contribution in [1.29, 1.82) is 0 Å². The van der Waals surface area contributed by atoms with Crippen LogP contribution >= 0.6 is 0 Å². The second kappa shape index (κ2) is 5.18. The molecule has 0 unspecified atom stereocenters. The highest BCUT2D eigenvalue weighted by Crippen LogP contribution is 2.17. The molecule has 6 nitrogen and oxygen atoms in total. The molecule has 1 atom stereocenters. The van der Waals surface area contributed by atoms with E-state index in [2.05, 4.69) is 9.71 Å². The van der Waals surface area contributed by atoms with Gasteiger partial charge in [0.25, 0.3) is 0 Å². The van der Waals surface area contributed by atoms with E-state index in [1.807, 2.05) is 13.8 Å². The Bertz CT molecular complexity index is 730. The monoisotopic (exact) mass is 284 g/mol. The zero-order chi connectivity index (χ0) is 14.0. The van der Waals surface area contributed by atoms with Crippen LogP contribution in [0, 0.1) is 0 Å². The van der Waals surface area contributed by atoms with E-state index >= 15 is 0 Å². The first kappa shape index (κ1) is 13.8. The number of rotatable bonds is 5. The van der Waals surface area contributed by atoms with Gasteiger partial charge in [-0.15, -0.1) is 0 Å². The van der Waals surface area contributed by atoms with Crippen molar-refractivity contribution in [3.63, 3.8) is 0 Å². The number of benzene rings is 1. The average Bonchev–Trinajstić information content (AvgIpc) is 2.67. The van der Waals surface area contributed by atoms with Crippen LogP contribution in [0.5, 0.6) is 0 Å². The Labute approximate surface area is 110 Å². The molecule has 7 heteroatoms. The van der Waals surface area contributed by atoms with Crippen LogP contribution in [-0.2, 0) is 10.0 Å². The zero-order valence-corrected chi connectivity index (χ0v) is 11.6. The fraction of sp³-hybridized carbons (Fsp3) is 0.417. The molecule has 1 heterocycles. The average molecular weight is 284 g/mol. The van der Waals surface area contributed by atoms with Crippen molar-refractivity contribution in [2.75, 3.05) is 0 Å². The van der Waals surface area contributed by atoms with Crippen molar-refractivity contribution in [1.82, 2.24) is 9.71 Å². The standard InChI is InChI=1S/C12H16N2O4S/c1-3-4-8(2)14-19(16,17)9-5-6-10-11(7-9)18-12(15)13-10/h5-8,14H,3-4H2,1-2H3,(H,13,15)/t8-/m0/s1. The first-order valence-corrected chi connectivity index (χ1v) is 7.56. The molecule has 0 aliphatic heterocycles. The van der Waals surface area contributed by atoms with Crippen LogP contribution in [0.4, 0.5) is 0 Å². The molecule has 0 bridgehead atoms. The third kappa shape index (κ3) is 3.05. The van der Waals surface area contributed by atoms with Gasteiger partial charge in [0.15, 0.2) is 5.58 Å². The normalized spacial score (nSPS) is 13.8. The summed E-state index contributed by atoms with van der Waals surface area (Å²) in [7, 11) is -3.59. The number of hydrogen-bond acceptors (Lipinski definition) is 4. The van der Waals surface area contributed by atoms with Gasteiger partial charge >= 0.3 is 5.76 Å². The SMILES string of the molecule is CCC[C@H](C)NS(=O)(=O)c1ccc2[nH]c(=O)oc2c1. The molecule has 2 N–H and O–H groups in total. The quantitative estimate of drug-likeness (QED) is 0.872. The van der Waals surface area contributed by atoms with Gasteiger partial charge in [0.05, 0.1) is 10.4 Å². The summed E-state index contributed by atoms with van der Waals surface area (Å²) >= 11 is 0. The predicted molar refractivity (Wildman–Crippen MR) is 71.5 cm³/mol. The third-order valence-electron chi connectivity index (χ3n) is 2.78. The smallest absolute Gasteiger partial charge is 0.408 e. The fourth-order valence-electron chi connectivity index (χ4n) is 1.92. The van der Waals surface area contributed by atoms with E-state index in [4.69, 9.17) is 4.42 Å². The van der Waals surface area contributed by atoms with Gasteiger partial charge in [-0.2, -0.15) is 0 Å². The van der Waals surface area contributed by atoms with Crippen molar-refractivity contribution in [3.8, 4) is 0 Å². The van der Waals surface area contributed by atoms with Crippen molar-refractivity contribution < 1.29 is 12.8 Å². The summed E-state index contributed by atoms with van der Waals surface area (Å²) in [5.74, 6) is -0.600. The molecule has 19 heavy (non-hydrogen) atoms. The van der Waals surface area contributed by atoms with E-state index in [-0.39, 0.29) is 16.5 Å². The summed E-state index contributed by atoms with van der Waals surface area (Å²) in [5, 5.41) is 0. The maximum atomic E-state index is 12.1. The maximum Gasteiger partial charge on any atom is 0.417 e. The summed E-state index contributed by atoms with van der Waals surface area (Å²) < 4.78 is 31.7. The number of hydrogen-bond donors (Lipinski definition) is 2. The van der Waals surface area contributed by atoms with E-state index in [0.29, 0.717) is 5.52 Å². The summed E-state index contributed by atoms with van der Waals surface area (Å²) in [6.45, 7) is 3.81. The summed E-state index contributed by atoms with van der Waals surface area (Å²) in [6.07, 6.45) is 1.66. The van der Waals surface area contributed by atoms with Crippen molar-refractivity contribution in [2.45, 2.75) is 37.6 Å². The van der Waals surface area contributed by atoms with Gasteiger partial charge in [0, 0.05) is 12.1 Å². The minimum absolute atomic E-state index is 0.0886. The lowest BCUT2D eigenvalue weighted by atomic mass is 10.2. The Hall–Kier alpha value is -1.60. The summed E-state index contributed by atoms with van der Waals surface area (Å²) in [6, 6.07) is 4.16. The molecule has 1 aromatic carbocycles. The molecule has 104 valence electrons. The Morgan fingerprint density at radius 3 is 2.84 bits per heavy atom. The summed E-state index contributed by atoms with van der Waals surface area (Å²) in [5.41, 5.74) is 0.710. The fourth-order valence-corrected chi connectivity index (χ4v) is 3.21. The number of sulfonamides is 1. The van der Waals surface area contributed by atoms with E-state index in [0.717, 1.165) is 12.8 Å². The number of aromatic amines is 1. The van der Waals surface area contributed by atoms with Gasteiger partial charge in [-0.1, -0.05) is 13.3 Å². The zero-order valence-electron chi connectivity index (χ0n) is 10.8. The molecule has 0 spiro atoms. The maximum absolute atomic E-state index is 12.1. The second-order valence-corrected chi connectivity index (χ2v) is 6.20. The highest BCUT2D eigenvalue weighted by Gasteiger charge is 2.18. The molecule has 1 aromatic heterocycles. The molecule has 0 saturated carbocycles. The molecular weight excluding hydrogens is 268 g/mol. The molecular formula is C12H16N2O4S. The second-order valence-electron chi connectivity index (χ2n) is 4.48. The Morgan fingerprint density at radius 1 is 1.42 bits per heavy atom. The van der Waals surface area contributed by atoms with Crippen LogP contribution in [0.3, 0.4) is 0 Å². The van der Waals surface area contributed by atoms with Crippen LogP contribution in [-0.4, -0.2) is 19.4 Å². The molecule has 2 rings (SSSR count). The van der Waals surface area contributed by atoms with Crippen LogP contribution in [0.25, 0.3) is 11.1 Å². The number of aromatic nitrogens is 1. The molecule has 0 saturated heterocycles. The van der Waals surface area contributed by atoms with E-state index in [9.17, 15) is 13.2 Å². The minimum Gasteiger partial charge on any atom is -0.408 e. The van der Waals surface area contributed by atoms with E-state index < -0.39 is 15.8 Å². The van der Waals surface area contributed by atoms with Crippen LogP contribution in [0.2, 0.25) is 0 Å². The van der Waals surface area contributed by atoms with E-state index in [1.54, 1.807) is 0 Å². The minimum atomic E-state index is -3.59. The highest BCUT2D eigenvalue weighted by molar-refractivity contribution is 7.89. The van der Waals surface area contributed by atoms with Crippen LogP contribution in [0.1, 0.15) is 26.7 Å². The van der Waals surface area contributed by atoms with Gasteiger partial charge in [0.2, 0.25) is 10.0 Å². The lowest BCUT2D eigenvalue weighted by Crippen LogP contribution is -2.32. The lowest BCUT2D eigenvalue weighted by molar-refractivity contribution is 0.541. The molecule has 0 aliphatic rings. The van der Waals surface area contributed by atoms with Gasteiger partial charge in [-0.25, -0.2) is 17.9 Å². The number of H-pyrrole nitrogens is 1. The van der Waals surface area contributed by atoms with Crippen LogP contribution < -0.4 is 10.5 Å². The lowest BCUT2D eigenvalue weighted by Gasteiger charge is -2.13. The van der Waals surface area contributed by atoms with Gasteiger partial charge in [0.1, 0.15) is 0 Å². The van der Waals surface area contributed by atoms with Gasteiger partial charge in [-0.05, 0) is 25.5 Å². The molecule has 0 radical (unpaired) electrons. The number of nitrogens with one attached hydrogen (secondary N) is 2. The molecule has 2 aromatic rings. The highest BCUT2D eigenvalue weighted by atomic mass is 32.2. The first-order chi connectivity index (χ1) is 8.92. The molecule has 0 amide bonds. The summed E-state index contributed by atoms with van der Waals surface area (Å²) in [4.78, 5) is 13.6. The predicted octanol–water partition coefficient (Wildman–Crippen LogP) is 1.59. The Balaban J connectivity index is 2.34. The largest absolute Gasteiger partial charge is 0.417 e. The Kier molecular flexibility index (Phi) is 3.77. The van der Waals surface area contributed by atoms with Crippen LogP contribution in [0.15, 0.2) is 32.3 Å². The first-order valence-electron chi connectivity index (χ1n) is 6.07. The topological polar surface area (TPSA) is 92.2 Å². The number of oxazole rings is 1. The van der Waals surface area contributed by atoms with Gasteiger partial charge < -0.3 is 4.42 Å². The number of fused-ring (bicyclic) bond motifs is 1. The van der Waals surface area contributed by atoms with Gasteiger partial charge in [-0.3, -0.25) is 4.98 Å². The van der Waals surface area contributed by atoms with Crippen molar-refractivity contribution >= 4 is 21.1 Å².